The van der Waals surface area contributed by atoms with Crippen molar-refractivity contribution in [2.24, 2.45) is 0 Å². The van der Waals surface area contributed by atoms with Crippen molar-refractivity contribution in [3.8, 4) is 0 Å². The van der Waals surface area contributed by atoms with Crippen LogP contribution in [0.5, 0.6) is 0 Å². The molecule has 0 radical (unpaired) electrons. The molecule has 0 spiro atoms. The van der Waals surface area contributed by atoms with Crippen LogP contribution in [0.2, 0.25) is 0 Å². The molecule has 0 N–H and O–H groups in total. The molecule has 2 aromatic carbocycles. The lowest BCUT2D eigenvalue weighted by Crippen LogP contribution is -2.06. The quantitative estimate of drug-likeness (QED) is 0.404. The van der Waals surface area contributed by atoms with Gasteiger partial charge in [0, 0.05) is 19.9 Å². The molecule has 0 saturated carbocycles. The van der Waals surface area contributed by atoms with Crippen molar-refractivity contribution in [3.63, 3.8) is 0 Å². The number of fused-ring (bicyclic) bond motifs is 2. The average Bonchev–Trinajstić information content (AvgIpc) is 3.01. The van der Waals surface area contributed by atoms with Gasteiger partial charge in [0.2, 0.25) is 0 Å². The van der Waals surface area contributed by atoms with Crippen LogP contribution in [0.1, 0.15) is 54.4 Å². The fraction of sp³-hybridized carbons (Fsp3) is 0.238. The van der Waals surface area contributed by atoms with E-state index in [0.717, 1.165) is 0 Å². The van der Waals surface area contributed by atoms with Crippen LogP contribution in [-0.2, 0) is 0 Å². The molecule has 0 bridgehead atoms. The van der Waals surface area contributed by atoms with Crippen molar-refractivity contribution in [3.05, 3.63) is 77.8 Å². The van der Waals surface area contributed by atoms with Gasteiger partial charge >= 0.3 is 0 Å². The Kier molecular flexibility index (Phi) is 4.01. The van der Waals surface area contributed by atoms with Crippen LogP contribution in [-0.4, -0.2) is 0 Å². The second-order valence-electron chi connectivity index (χ2n) is 6.60. The van der Waals surface area contributed by atoms with Crippen molar-refractivity contribution >= 4 is 50.7 Å². The second-order valence-corrected chi connectivity index (χ2v) is 8.62. The predicted molar refractivity (Wildman–Crippen MR) is 111 cm³/mol. The molecule has 116 valence electrons. The second kappa shape index (κ2) is 5.89. The maximum Gasteiger partial charge on any atom is 0.0250 e. The van der Waals surface area contributed by atoms with E-state index in [1.165, 1.54) is 47.9 Å². The highest BCUT2D eigenvalue weighted by Crippen LogP contribution is 2.48. The van der Waals surface area contributed by atoms with Crippen LogP contribution in [0.15, 0.2) is 52.0 Å². The van der Waals surface area contributed by atoms with Gasteiger partial charge in [0.15, 0.2) is 0 Å². The standard InChI is InChI=1S/C21H18BrI/c1-12-9-18-14(5-3-7-20(18)22)16(12)11-17-13(2)10-19-15(17)6-4-8-21(19)23/h3-10,16-17H,11H2,1-2H3. The molecular weight excluding hydrogens is 459 g/mol. The first-order valence-electron chi connectivity index (χ1n) is 7.99. The van der Waals surface area contributed by atoms with Gasteiger partial charge in [-0.25, -0.2) is 0 Å². The molecule has 0 saturated heterocycles. The van der Waals surface area contributed by atoms with E-state index in [0.29, 0.717) is 11.8 Å². The Hall–Kier alpha value is -0.870. The SMILES string of the molecule is CC1=Cc2c(Br)cccc2C1CC1C(C)=Cc2c(I)cccc21. The summed E-state index contributed by atoms with van der Waals surface area (Å²) in [4.78, 5) is 0. The normalized spacial score (nSPS) is 21.7. The molecule has 0 amide bonds. The first-order valence-corrected chi connectivity index (χ1v) is 9.86. The van der Waals surface area contributed by atoms with Gasteiger partial charge in [-0.05, 0) is 77.2 Å². The molecule has 0 aromatic heterocycles. The Labute approximate surface area is 160 Å². The van der Waals surface area contributed by atoms with Crippen molar-refractivity contribution in [2.45, 2.75) is 32.1 Å². The summed E-state index contributed by atoms with van der Waals surface area (Å²) in [5, 5.41) is 0. The Morgan fingerprint density at radius 3 is 2.13 bits per heavy atom. The summed E-state index contributed by atoms with van der Waals surface area (Å²) in [5.74, 6) is 1.07. The largest absolute Gasteiger partial charge is 0.0651 e. The number of benzene rings is 2. The van der Waals surface area contributed by atoms with Crippen LogP contribution in [0.4, 0.5) is 0 Å². The summed E-state index contributed by atoms with van der Waals surface area (Å²) in [7, 11) is 0. The molecular formula is C21H18BrI. The van der Waals surface area contributed by atoms with Crippen LogP contribution in [0, 0.1) is 3.57 Å². The van der Waals surface area contributed by atoms with E-state index in [4.69, 9.17) is 0 Å². The number of rotatable bonds is 2. The summed E-state index contributed by atoms with van der Waals surface area (Å²) in [5.41, 5.74) is 8.77. The molecule has 23 heavy (non-hydrogen) atoms. The van der Waals surface area contributed by atoms with Gasteiger partial charge in [-0.2, -0.15) is 0 Å². The highest BCUT2D eigenvalue weighted by atomic mass is 127. The lowest BCUT2D eigenvalue weighted by molar-refractivity contribution is 0.642. The fourth-order valence-corrected chi connectivity index (χ4v) is 5.20. The third-order valence-corrected chi connectivity index (χ3v) is 6.87. The Morgan fingerprint density at radius 1 is 0.870 bits per heavy atom. The summed E-state index contributed by atoms with van der Waals surface area (Å²) in [6.45, 7) is 4.57. The summed E-state index contributed by atoms with van der Waals surface area (Å²) < 4.78 is 2.58. The van der Waals surface area contributed by atoms with E-state index in [2.05, 4.69) is 101 Å². The van der Waals surface area contributed by atoms with E-state index in [1.54, 1.807) is 0 Å². The summed E-state index contributed by atoms with van der Waals surface area (Å²) >= 11 is 6.16. The molecule has 0 aliphatic heterocycles. The molecule has 2 unspecified atom stereocenters. The highest BCUT2D eigenvalue weighted by Gasteiger charge is 2.31. The third-order valence-electron chi connectivity index (χ3n) is 5.24. The van der Waals surface area contributed by atoms with Gasteiger partial charge in [-0.3, -0.25) is 0 Å². The fourth-order valence-electron chi connectivity index (χ4n) is 4.03. The topological polar surface area (TPSA) is 0 Å². The van der Waals surface area contributed by atoms with Gasteiger partial charge in [-0.1, -0.05) is 63.5 Å². The monoisotopic (exact) mass is 476 g/mol. The molecule has 2 aliphatic rings. The highest BCUT2D eigenvalue weighted by molar-refractivity contribution is 14.1. The van der Waals surface area contributed by atoms with Crippen LogP contribution in [0.25, 0.3) is 12.2 Å². The van der Waals surface area contributed by atoms with Crippen molar-refractivity contribution in [2.75, 3.05) is 0 Å². The van der Waals surface area contributed by atoms with Gasteiger partial charge in [-0.15, -0.1) is 0 Å². The Bertz CT molecular complexity index is 789. The molecule has 4 rings (SSSR count). The zero-order valence-corrected chi connectivity index (χ0v) is 17.0. The van der Waals surface area contributed by atoms with Gasteiger partial charge in [0.05, 0.1) is 0 Å². The molecule has 2 aromatic rings. The van der Waals surface area contributed by atoms with Gasteiger partial charge in [0.1, 0.15) is 0 Å². The molecule has 2 atom stereocenters. The first-order chi connectivity index (χ1) is 11.1. The minimum absolute atomic E-state index is 0.527. The molecule has 2 aliphatic carbocycles. The lowest BCUT2D eigenvalue weighted by Gasteiger charge is -2.22. The van der Waals surface area contributed by atoms with E-state index in [9.17, 15) is 0 Å². The Balaban J connectivity index is 1.72. The van der Waals surface area contributed by atoms with Gasteiger partial charge in [0.25, 0.3) is 0 Å². The zero-order valence-electron chi connectivity index (χ0n) is 13.2. The van der Waals surface area contributed by atoms with E-state index in [1.807, 2.05) is 0 Å². The predicted octanol–water partition coefficient (Wildman–Crippen LogP) is 7.15. The van der Waals surface area contributed by atoms with Crippen molar-refractivity contribution < 1.29 is 0 Å². The third kappa shape index (κ3) is 2.54. The van der Waals surface area contributed by atoms with Crippen LogP contribution >= 0.6 is 38.5 Å². The van der Waals surface area contributed by atoms with Crippen LogP contribution in [0.3, 0.4) is 0 Å². The smallest absolute Gasteiger partial charge is 0.0250 e. The number of allylic oxidation sites excluding steroid dienone is 2. The maximum atomic E-state index is 3.71. The molecule has 0 heterocycles. The van der Waals surface area contributed by atoms with Crippen molar-refractivity contribution in [1.82, 2.24) is 0 Å². The van der Waals surface area contributed by atoms with Crippen LogP contribution < -0.4 is 0 Å². The van der Waals surface area contributed by atoms with E-state index >= 15 is 0 Å². The number of hydrogen-bond acceptors (Lipinski definition) is 0. The van der Waals surface area contributed by atoms with Crippen molar-refractivity contribution in [1.29, 1.82) is 0 Å². The molecule has 0 fully saturated rings. The van der Waals surface area contributed by atoms with Gasteiger partial charge < -0.3 is 0 Å². The average molecular weight is 477 g/mol. The number of halogens is 2. The molecule has 2 heteroatoms. The first kappa shape index (κ1) is 15.6. The lowest BCUT2D eigenvalue weighted by atomic mass is 9.82. The summed E-state index contributed by atoms with van der Waals surface area (Å²) in [6, 6.07) is 13.3. The Morgan fingerprint density at radius 2 is 1.43 bits per heavy atom. The molecule has 0 nitrogen and oxygen atoms in total. The van der Waals surface area contributed by atoms with E-state index in [-0.39, 0.29) is 0 Å². The maximum absolute atomic E-state index is 3.71. The minimum atomic E-state index is 0.527. The number of hydrogen-bond donors (Lipinski definition) is 0. The zero-order chi connectivity index (χ0) is 16.1. The summed E-state index contributed by atoms with van der Waals surface area (Å²) in [6.07, 6.45) is 5.91. The minimum Gasteiger partial charge on any atom is -0.0651 e. The van der Waals surface area contributed by atoms with E-state index < -0.39 is 0 Å².